The van der Waals surface area contributed by atoms with Crippen LogP contribution in [0.5, 0.6) is 0 Å². The number of aryl methyl sites for hydroxylation is 2. The largest absolute Gasteiger partial charge is 0.466 e. The van der Waals surface area contributed by atoms with Gasteiger partial charge in [-0.1, -0.05) is 13.3 Å². The van der Waals surface area contributed by atoms with Gasteiger partial charge in [-0.15, -0.1) is 0 Å². The number of unbranched alkanes of at least 4 members (excludes halogenated alkanes) is 1. The Labute approximate surface area is 121 Å². The van der Waals surface area contributed by atoms with E-state index < -0.39 is 0 Å². The van der Waals surface area contributed by atoms with Crippen LogP contribution in [0.2, 0.25) is 0 Å². The molecule has 1 aromatic rings. The number of nitrogens with zero attached hydrogens (tertiary/aromatic N) is 1. The van der Waals surface area contributed by atoms with Crippen molar-refractivity contribution >= 4 is 5.91 Å². The van der Waals surface area contributed by atoms with E-state index in [9.17, 15) is 4.79 Å². The summed E-state index contributed by atoms with van der Waals surface area (Å²) in [6, 6.07) is 2.31. The molecule has 112 valence electrons. The first-order valence-electron chi connectivity index (χ1n) is 7.71. The maximum Gasteiger partial charge on any atom is 0.257 e. The van der Waals surface area contributed by atoms with Gasteiger partial charge in [-0.25, -0.2) is 0 Å². The highest BCUT2D eigenvalue weighted by Gasteiger charge is 2.24. The summed E-state index contributed by atoms with van der Waals surface area (Å²) in [4.78, 5) is 14.7. The maximum absolute atomic E-state index is 12.7. The molecule has 1 fully saturated rings. The topological polar surface area (TPSA) is 45.5 Å². The van der Waals surface area contributed by atoms with Gasteiger partial charge in [-0.05, 0) is 45.7 Å². The van der Waals surface area contributed by atoms with Gasteiger partial charge in [0.1, 0.15) is 11.5 Å². The smallest absolute Gasteiger partial charge is 0.257 e. The quantitative estimate of drug-likeness (QED) is 0.870. The van der Waals surface area contributed by atoms with Crippen molar-refractivity contribution in [3.63, 3.8) is 0 Å². The highest BCUT2D eigenvalue weighted by molar-refractivity contribution is 5.95. The summed E-state index contributed by atoms with van der Waals surface area (Å²) in [6.45, 7) is 8.62. The number of rotatable bonds is 6. The fourth-order valence-corrected chi connectivity index (χ4v) is 2.82. The van der Waals surface area contributed by atoms with E-state index in [1.54, 1.807) is 0 Å². The van der Waals surface area contributed by atoms with Gasteiger partial charge in [0.05, 0.1) is 5.56 Å². The molecule has 1 atom stereocenters. The van der Waals surface area contributed by atoms with Gasteiger partial charge in [-0.3, -0.25) is 4.79 Å². The van der Waals surface area contributed by atoms with Crippen LogP contribution in [0, 0.1) is 13.8 Å². The summed E-state index contributed by atoms with van der Waals surface area (Å²) in [5.41, 5.74) is 0.719. The van der Waals surface area contributed by atoms with Crippen LogP contribution in [0.15, 0.2) is 10.5 Å². The SMILES string of the molecule is CCCCN(CC1CCCN1)C(=O)c1cc(C)oc1C. The van der Waals surface area contributed by atoms with Gasteiger partial charge in [0.15, 0.2) is 0 Å². The van der Waals surface area contributed by atoms with Gasteiger partial charge >= 0.3 is 0 Å². The van der Waals surface area contributed by atoms with E-state index in [0.29, 0.717) is 6.04 Å². The zero-order valence-electron chi connectivity index (χ0n) is 12.9. The molecule has 1 N–H and O–H groups in total. The number of nitrogens with one attached hydrogen (secondary N) is 1. The second-order valence-electron chi connectivity index (χ2n) is 5.72. The lowest BCUT2D eigenvalue weighted by Crippen LogP contribution is -2.41. The predicted molar refractivity (Wildman–Crippen MR) is 80.0 cm³/mol. The monoisotopic (exact) mass is 278 g/mol. The normalized spacial score (nSPS) is 18.4. The number of furan rings is 1. The second kappa shape index (κ2) is 6.93. The third-order valence-corrected chi connectivity index (χ3v) is 3.94. The minimum Gasteiger partial charge on any atom is -0.466 e. The fraction of sp³-hybridized carbons (Fsp3) is 0.688. The van der Waals surface area contributed by atoms with Crippen LogP contribution < -0.4 is 5.32 Å². The molecule has 1 unspecified atom stereocenters. The van der Waals surface area contributed by atoms with Crippen LogP contribution in [0.1, 0.15) is 54.5 Å². The fourth-order valence-electron chi connectivity index (χ4n) is 2.82. The molecular formula is C16H26N2O2. The molecule has 1 aromatic heterocycles. The lowest BCUT2D eigenvalue weighted by Gasteiger charge is -2.25. The Hall–Kier alpha value is -1.29. The van der Waals surface area contributed by atoms with Gasteiger partial charge in [-0.2, -0.15) is 0 Å². The lowest BCUT2D eigenvalue weighted by molar-refractivity contribution is 0.0737. The van der Waals surface area contributed by atoms with Gasteiger partial charge in [0, 0.05) is 19.1 Å². The van der Waals surface area contributed by atoms with Crippen molar-refractivity contribution in [3.05, 3.63) is 23.2 Å². The molecule has 0 saturated carbocycles. The summed E-state index contributed by atoms with van der Waals surface area (Å²) in [5.74, 6) is 1.65. The van der Waals surface area contributed by atoms with Crippen molar-refractivity contribution in [1.29, 1.82) is 0 Å². The second-order valence-corrected chi connectivity index (χ2v) is 5.72. The Morgan fingerprint density at radius 1 is 1.50 bits per heavy atom. The first-order chi connectivity index (χ1) is 9.61. The lowest BCUT2D eigenvalue weighted by atomic mass is 10.1. The highest BCUT2D eigenvalue weighted by Crippen LogP contribution is 2.18. The summed E-state index contributed by atoms with van der Waals surface area (Å²) in [7, 11) is 0. The third kappa shape index (κ3) is 3.63. The Morgan fingerprint density at radius 2 is 2.30 bits per heavy atom. The number of carbonyl (C=O) groups excluding carboxylic acids is 1. The molecular weight excluding hydrogens is 252 g/mol. The van der Waals surface area contributed by atoms with Gasteiger partial charge in [0.2, 0.25) is 0 Å². The minimum atomic E-state index is 0.113. The van der Waals surface area contributed by atoms with E-state index in [4.69, 9.17) is 4.42 Å². The average molecular weight is 278 g/mol. The van der Waals surface area contributed by atoms with Crippen LogP contribution in [0.3, 0.4) is 0 Å². The molecule has 20 heavy (non-hydrogen) atoms. The van der Waals surface area contributed by atoms with E-state index in [-0.39, 0.29) is 5.91 Å². The molecule has 0 aromatic carbocycles. The van der Waals surface area contributed by atoms with E-state index in [1.807, 2.05) is 24.8 Å². The van der Waals surface area contributed by atoms with Crippen LogP contribution in [-0.2, 0) is 0 Å². The Balaban J connectivity index is 2.07. The average Bonchev–Trinajstić information content (AvgIpc) is 3.03. The van der Waals surface area contributed by atoms with Gasteiger partial charge in [0.25, 0.3) is 5.91 Å². The van der Waals surface area contributed by atoms with Crippen molar-refractivity contribution in [2.24, 2.45) is 0 Å². The number of amides is 1. The minimum absolute atomic E-state index is 0.113. The summed E-state index contributed by atoms with van der Waals surface area (Å²) >= 11 is 0. The Bertz CT molecular complexity index is 447. The van der Waals surface area contributed by atoms with E-state index >= 15 is 0 Å². The zero-order valence-corrected chi connectivity index (χ0v) is 12.9. The number of hydrogen-bond donors (Lipinski definition) is 1. The standard InChI is InChI=1S/C16H26N2O2/c1-4-5-9-18(11-14-7-6-8-17-14)16(19)15-10-12(2)20-13(15)3/h10,14,17H,4-9,11H2,1-3H3. The number of carbonyl (C=O) groups is 1. The van der Waals surface area contributed by atoms with Crippen LogP contribution in [-0.4, -0.2) is 36.5 Å². The summed E-state index contributed by atoms with van der Waals surface area (Å²) in [6.07, 6.45) is 4.53. The van der Waals surface area contributed by atoms with Crippen molar-refractivity contribution in [1.82, 2.24) is 10.2 Å². The van der Waals surface area contributed by atoms with Crippen molar-refractivity contribution < 1.29 is 9.21 Å². The first kappa shape index (κ1) is 15.1. The Kier molecular flexibility index (Phi) is 5.24. The zero-order chi connectivity index (χ0) is 14.5. The molecule has 0 radical (unpaired) electrons. The Morgan fingerprint density at radius 3 is 2.85 bits per heavy atom. The molecule has 4 nitrogen and oxygen atoms in total. The van der Waals surface area contributed by atoms with E-state index in [0.717, 1.165) is 49.6 Å². The van der Waals surface area contributed by atoms with Crippen LogP contribution in [0.25, 0.3) is 0 Å². The number of hydrogen-bond acceptors (Lipinski definition) is 3. The first-order valence-corrected chi connectivity index (χ1v) is 7.71. The summed E-state index contributed by atoms with van der Waals surface area (Å²) in [5, 5.41) is 3.47. The molecule has 0 spiro atoms. The highest BCUT2D eigenvalue weighted by atomic mass is 16.3. The summed E-state index contributed by atoms with van der Waals surface area (Å²) < 4.78 is 5.50. The molecule has 1 aliphatic rings. The molecule has 0 bridgehead atoms. The molecule has 0 aliphatic carbocycles. The molecule has 1 aliphatic heterocycles. The van der Waals surface area contributed by atoms with Crippen molar-refractivity contribution in [2.45, 2.75) is 52.5 Å². The maximum atomic E-state index is 12.7. The van der Waals surface area contributed by atoms with Crippen LogP contribution >= 0.6 is 0 Å². The molecule has 4 heteroatoms. The third-order valence-electron chi connectivity index (χ3n) is 3.94. The van der Waals surface area contributed by atoms with Crippen molar-refractivity contribution in [2.75, 3.05) is 19.6 Å². The molecule has 1 saturated heterocycles. The predicted octanol–water partition coefficient (Wildman–Crippen LogP) is 2.89. The van der Waals surface area contributed by atoms with Crippen molar-refractivity contribution in [3.8, 4) is 0 Å². The van der Waals surface area contributed by atoms with E-state index in [2.05, 4.69) is 12.2 Å². The van der Waals surface area contributed by atoms with Gasteiger partial charge < -0.3 is 14.6 Å². The molecule has 2 rings (SSSR count). The molecule has 1 amide bonds. The molecule has 2 heterocycles. The van der Waals surface area contributed by atoms with E-state index in [1.165, 1.54) is 12.8 Å². The van der Waals surface area contributed by atoms with Crippen LogP contribution in [0.4, 0.5) is 0 Å².